The highest BCUT2D eigenvalue weighted by atomic mass is 32.2. The van der Waals surface area contributed by atoms with Crippen molar-refractivity contribution in [3.8, 4) is 0 Å². The van der Waals surface area contributed by atoms with Gasteiger partial charge in [-0.15, -0.1) is 11.8 Å². The van der Waals surface area contributed by atoms with Gasteiger partial charge < -0.3 is 20.3 Å². The molecular weight excluding hydrogens is 360 g/mol. The van der Waals surface area contributed by atoms with Crippen LogP contribution < -0.4 is 10.6 Å². The van der Waals surface area contributed by atoms with Gasteiger partial charge in [0.2, 0.25) is 5.91 Å². The third-order valence-corrected chi connectivity index (χ3v) is 4.69. The van der Waals surface area contributed by atoms with Crippen molar-refractivity contribution in [1.82, 2.24) is 15.5 Å². The number of aliphatic imine (C=N–C) groups is 1. The van der Waals surface area contributed by atoms with E-state index in [0.29, 0.717) is 5.96 Å². The molecule has 152 valence electrons. The van der Waals surface area contributed by atoms with Crippen LogP contribution in [0.15, 0.2) is 40.2 Å². The second-order valence-corrected chi connectivity index (χ2v) is 7.46. The van der Waals surface area contributed by atoms with Crippen LogP contribution in [0, 0.1) is 0 Å². The van der Waals surface area contributed by atoms with Crippen LogP contribution in [-0.2, 0) is 9.53 Å². The molecule has 0 aliphatic heterocycles. The van der Waals surface area contributed by atoms with E-state index < -0.39 is 0 Å². The van der Waals surface area contributed by atoms with E-state index in [1.54, 1.807) is 30.8 Å². The summed E-state index contributed by atoms with van der Waals surface area (Å²) in [5.41, 5.74) is 0. The average Bonchev–Trinajstić information content (AvgIpc) is 2.68. The molecule has 0 unspecified atom stereocenters. The van der Waals surface area contributed by atoms with Gasteiger partial charge in [0, 0.05) is 51.0 Å². The lowest BCUT2D eigenvalue weighted by molar-refractivity contribution is -0.127. The number of amides is 1. The van der Waals surface area contributed by atoms with E-state index in [2.05, 4.69) is 34.7 Å². The van der Waals surface area contributed by atoms with Crippen molar-refractivity contribution >= 4 is 23.6 Å². The molecule has 0 heterocycles. The summed E-state index contributed by atoms with van der Waals surface area (Å²) in [6, 6.07) is 10.3. The van der Waals surface area contributed by atoms with E-state index >= 15 is 0 Å². The number of hydrogen-bond acceptors (Lipinski definition) is 4. The van der Waals surface area contributed by atoms with Crippen LogP contribution in [0.5, 0.6) is 0 Å². The first-order valence-electron chi connectivity index (χ1n) is 9.61. The molecule has 0 spiro atoms. The number of likely N-dealkylation sites (N-methyl/N-ethyl adjacent to an activating group) is 1. The smallest absolute Gasteiger partial charge is 0.243 e. The first kappa shape index (κ1) is 23.3. The highest BCUT2D eigenvalue weighted by molar-refractivity contribution is 7.99. The molecule has 7 heteroatoms. The number of hydrogen-bond donors (Lipinski definition) is 2. The van der Waals surface area contributed by atoms with Crippen molar-refractivity contribution in [3.05, 3.63) is 30.3 Å². The molecule has 6 nitrogen and oxygen atoms in total. The van der Waals surface area contributed by atoms with Crippen LogP contribution in [-0.4, -0.2) is 69.5 Å². The van der Waals surface area contributed by atoms with Gasteiger partial charge >= 0.3 is 0 Å². The quantitative estimate of drug-likeness (QED) is 0.233. The van der Waals surface area contributed by atoms with E-state index in [-0.39, 0.29) is 12.5 Å². The number of nitrogens with zero attached hydrogens (tertiary/aromatic N) is 2. The van der Waals surface area contributed by atoms with Gasteiger partial charge in [0.05, 0.1) is 0 Å². The Labute approximate surface area is 168 Å². The fourth-order valence-corrected chi connectivity index (χ4v) is 2.84. The first-order chi connectivity index (χ1) is 13.1. The topological polar surface area (TPSA) is 66.0 Å². The molecule has 0 fully saturated rings. The third-order valence-electron chi connectivity index (χ3n) is 3.68. The monoisotopic (exact) mass is 394 g/mol. The Balaban J connectivity index is 2.33. The molecule has 0 atom stereocenters. The molecule has 0 aliphatic carbocycles. The van der Waals surface area contributed by atoms with E-state index in [1.165, 1.54) is 4.90 Å². The predicted molar refractivity (Wildman–Crippen MR) is 115 cm³/mol. The highest BCUT2D eigenvalue weighted by Gasteiger charge is 2.04. The van der Waals surface area contributed by atoms with Crippen molar-refractivity contribution in [2.45, 2.75) is 31.1 Å². The number of guanidine groups is 1. The van der Waals surface area contributed by atoms with Crippen LogP contribution in [0.4, 0.5) is 0 Å². The van der Waals surface area contributed by atoms with Crippen LogP contribution in [0.25, 0.3) is 0 Å². The molecule has 0 aliphatic rings. The Bertz CT molecular complexity index is 538. The number of carbonyl (C=O) groups excluding carboxylic acids is 1. The molecule has 1 aromatic carbocycles. The van der Waals surface area contributed by atoms with Gasteiger partial charge in [-0.05, 0) is 25.0 Å². The van der Waals surface area contributed by atoms with Crippen LogP contribution in [0.1, 0.15) is 26.2 Å². The summed E-state index contributed by atoms with van der Waals surface area (Å²) in [6.45, 7) is 5.39. The van der Waals surface area contributed by atoms with Crippen LogP contribution >= 0.6 is 11.8 Å². The van der Waals surface area contributed by atoms with Crippen molar-refractivity contribution in [2.75, 3.05) is 52.7 Å². The molecule has 0 saturated carbocycles. The highest BCUT2D eigenvalue weighted by Crippen LogP contribution is 2.15. The van der Waals surface area contributed by atoms with E-state index in [9.17, 15) is 4.79 Å². The predicted octanol–water partition coefficient (Wildman–Crippen LogP) is 2.61. The van der Waals surface area contributed by atoms with Gasteiger partial charge in [0.1, 0.15) is 6.54 Å². The minimum Gasteiger partial charge on any atom is -0.381 e. The van der Waals surface area contributed by atoms with Gasteiger partial charge in [-0.1, -0.05) is 31.5 Å². The second-order valence-electron chi connectivity index (χ2n) is 6.29. The summed E-state index contributed by atoms with van der Waals surface area (Å²) in [7, 11) is 3.48. The van der Waals surface area contributed by atoms with E-state index in [0.717, 1.165) is 51.3 Å². The zero-order valence-corrected chi connectivity index (χ0v) is 17.7. The third kappa shape index (κ3) is 12.3. The van der Waals surface area contributed by atoms with E-state index in [4.69, 9.17) is 4.74 Å². The molecule has 0 radical (unpaired) electrons. The largest absolute Gasteiger partial charge is 0.381 e. The Morgan fingerprint density at radius 2 is 1.81 bits per heavy atom. The number of ether oxygens (including phenoxy) is 1. The normalized spacial score (nSPS) is 11.3. The zero-order chi connectivity index (χ0) is 19.7. The number of nitrogens with one attached hydrogen (secondary N) is 2. The molecule has 1 rings (SSSR count). The molecule has 0 bridgehead atoms. The molecule has 1 amide bonds. The molecule has 2 N–H and O–H groups in total. The van der Waals surface area contributed by atoms with Gasteiger partial charge in [0.15, 0.2) is 5.96 Å². The lowest BCUT2D eigenvalue weighted by atomic mass is 10.4. The fraction of sp³-hybridized carbons (Fsp3) is 0.600. The van der Waals surface area contributed by atoms with E-state index in [1.807, 2.05) is 18.2 Å². The number of carbonyl (C=O) groups is 1. The average molecular weight is 395 g/mol. The summed E-state index contributed by atoms with van der Waals surface area (Å²) in [5.74, 6) is 1.58. The van der Waals surface area contributed by atoms with Crippen molar-refractivity contribution in [1.29, 1.82) is 0 Å². The molecule has 0 aromatic heterocycles. The van der Waals surface area contributed by atoms with Gasteiger partial charge in [-0.25, -0.2) is 4.99 Å². The summed E-state index contributed by atoms with van der Waals surface area (Å²) < 4.78 is 5.57. The Morgan fingerprint density at radius 3 is 2.52 bits per heavy atom. The number of benzene rings is 1. The molecular formula is C20H34N4O2S. The Hall–Kier alpha value is -1.73. The second kappa shape index (κ2) is 15.3. The minimum absolute atomic E-state index is 0.0161. The summed E-state index contributed by atoms with van der Waals surface area (Å²) >= 11 is 1.79. The Kier molecular flexibility index (Phi) is 13.2. The SMILES string of the molecule is CCCCOCCCNC(=NCC(=O)N(C)C)NCCSc1ccccc1. The van der Waals surface area contributed by atoms with Crippen molar-refractivity contribution in [2.24, 2.45) is 4.99 Å². The molecule has 0 saturated heterocycles. The lowest BCUT2D eigenvalue weighted by Crippen LogP contribution is -2.40. The lowest BCUT2D eigenvalue weighted by Gasteiger charge is -2.14. The van der Waals surface area contributed by atoms with Crippen molar-refractivity contribution in [3.63, 3.8) is 0 Å². The van der Waals surface area contributed by atoms with Crippen molar-refractivity contribution < 1.29 is 9.53 Å². The maximum atomic E-state index is 11.8. The zero-order valence-electron chi connectivity index (χ0n) is 16.9. The number of rotatable bonds is 13. The maximum Gasteiger partial charge on any atom is 0.243 e. The number of thioether (sulfide) groups is 1. The van der Waals surface area contributed by atoms with Gasteiger partial charge in [-0.3, -0.25) is 4.79 Å². The van der Waals surface area contributed by atoms with Gasteiger partial charge in [-0.2, -0.15) is 0 Å². The summed E-state index contributed by atoms with van der Waals surface area (Å²) in [5, 5.41) is 6.58. The first-order valence-corrected chi connectivity index (χ1v) is 10.6. The van der Waals surface area contributed by atoms with Crippen LogP contribution in [0.2, 0.25) is 0 Å². The Morgan fingerprint density at radius 1 is 1.11 bits per heavy atom. The molecule has 1 aromatic rings. The van der Waals surface area contributed by atoms with Gasteiger partial charge in [0.25, 0.3) is 0 Å². The maximum absolute atomic E-state index is 11.8. The number of unbranched alkanes of at least 4 members (excludes halogenated alkanes) is 1. The summed E-state index contributed by atoms with van der Waals surface area (Å²) in [6.07, 6.45) is 3.16. The minimum atomic E-state index is -0.0161. The standard InChI is InChI=1S/C20H34N4O2S/c1-4-5-14-26-15-9-12-21-20(23-17-19(25)24(2)3)22-13-16-27-18-10-7-6-8-11-18/h6-8,10-11H,4-5,9,12-17H2,1-3H3,(H2,21,22,23). The summed E-state index contributed by atoms with van der Waals surface area (Å²) in [4.78, 5) is 19.0. The molecule has 27 heavy (non-hydrogen) atoms. The fourth-order valence-electron chi connectivity index (χ4n) is 2.05. The van der Waals surface area contributed by atoms with Crippen LogP contribution in [0.3, 0.4) is 0 Å².